The van der Waals surface area contributed by atoms with Gasteiger partial charge in [0.25, 0.3) is 10.0 Å². The number of benzene rings is 3. The number of hydrogen-bond donors (Lipinski definition) is 1. The first-order chi connectivity index (χ1) is 13.8. The van der Waals surface area contributed by atoms with Crippen molar-refractivity contribution in [2.45, 2.75) is 31.7 Å². The predicted molar refractivity (Wildman–Crippen MR) is 115 cm³/mol. The Bertz CT molecular complexity index is 1190. The zero-order valence-electron chi connectivity index (χ0n) is 16.6. The van der Waals surface area contributed by atoms with Gasteiger partial charge in [-0.3, -0.25) is 9.52 Å². The Morgan fingerprint density at radius 2 is 1.72 bits per heavy atom. The first-order valence-corrected chi connectivity index (χ1v) is 11.2. The van der Waals surface area contributed by atoms with Crippen molar-refractivity contribution in [3.8, 4) is 0 Å². The van der Waals surface area contributed by atoms with Crippen LogP contribution in [-0.2, 0) is 27.8 Å². The lowest BCUT2D eigenvalue weighted by Gasteiger charge is -2.30. The second kappa shape index (κ2) is 7.52. The maximum atomic E-state index is 12.9. The van der Waals surface area contributed by atoms with Crippen LogP contribution in [0.25, 0.3) is 10.8 Å². The van der Waals surface area contributed by atoms with E-state index in [0.29, 0.717) is 18.8 Å². The van der Waals surface area contributed by atoms with Gasteiger partial charge in [0, 0.05) is 24.7 Å². The highest BCUT2D eigenvalue weighted by atomic mass is 32.2. The number of nitrogens with one attached hydrogen (secondary N) is 1. The molecule has 29 heavy (non-hydrogen) atoms. The third-order valence-corrected chi connectivity index (χ3v) is 6.69. The van der Waals surface area contributed by atoms with E-state index < -0.39 is 10.0 Å². The van der Waals surface area contributed by atoms with Gasteiger partial charge < -0.3 is 4.90 Å². The lowest BCUT2D eigenvalue weighted by atomic mass is 9.98. The van der Waals surface area contributed by atoms with Crippen molar-refractivity contribution in [3.63, 3.8) is 0 Å². The second-order valence-corrected chi connectivity index (χ2v) is 9.44. The van der Waals surface area contributed by atoms with Crippen LogP contribution >= 0.6 is 0 Å². The number of hydrogen-bond acceptors (Lipinski definition) is 3. The fourth-order valence-corrected chi connectivity index (χ4v) is 4.81. The van der Waals surface area contributed by atoms with Crippen LogP contribution in [0.15, 0.2) is 65.6 Å². The summed E-state index contributed by atoms with van der Waals surface area (Å²) in [5.74, 6) is 0.0731. The predicted octanol–water partition coefficient (Wildman–Crippen LogP) is 4.18. The summed E-state index contributed by atoms with van der Waals surface area (Å²) >= 11 is 0. The molecule has 1 aliphatic rings. The van der Waals surface area contributed by atoms with Crippen LogP contribution in [0, 0.1) is 5.92 Å². The van der Waals surface area contributed by atoms with Crippen LogP contribution in [-0.4, -0.2) is 25.8 Å². The minimum Gasteiger partial charge on any atom is -0.338 e. The standard InChI is InChI=1S/C23H24N2O3S/c1-16(2)23(26)25-12-11-18-7-9-21(13-20(18)15-25)24-29(27,28)22-10-8-17-5-3-4-6-19(17)14-22/h3-10,13-14,16,24H,11-12,15H2,1-2H3. The maximum absolute atomic E-state index is 12.9. The van der Waals surface area contributed by atoms with Gasteiger partial charge in [-0.25, -0.2) is 8.42 Å². The van der Waals surface area contributed by atoms with Gasteiger partial charge in [-0.15, -0.1) is 0 Å². The fraction of sp³-hybridized carbons (Fsp3) is 0.261. The molecule has 0 atom stereocenters. The number of sulfonamides is 1. The van der Waals surface area contributed by atoms with Crippen LogP contribution < -0.4 is 4.72 Å². The molecule has 3 aromatic rings. The van der Waals surface area contributed by atoms with E-state index in [1.165, 1.54) is 0 Å². The molecule has 4 rings (SSSR count). The van der Waals surface area contributed by atoms with Crippen molar-refractivity contribution in [3.05, 3.63) is 71.8 Å². The van der Waals surface area contributed by atoms with Crippen LogP contribution in [0.3, 0.4) is 0 Å². The fourth-order valence-electron chi connectivity index (χ4n) is 3.72. The highest BCUT2D eigenvalue weighted by Crippen LogP contribution is 2.26. The van der Waals surface area contributed by atoms with E-state index in [4.69, 9.17) is 0 Å². The lowest BCUT2D eigenvalue weighted by molar-refractivity contribution is -0.135. The van der Waals surface area contributed by atoms with E-state index in [2.05, 4.69) is 4.72 Å². The number of anilines is 1. The molecule has 3 aromatic carbocycles. The summed E-state index contributed by atoms with van der Waals surface area (Å²) < 4.78 is 28.5. The molecule has 0 saturated heterocycles. The molecule has 0 unspecified atom stereocenters. The van der Waals surface area contributed by atoms with Crippen LogP contribution in [0.4, 0.5) is 5.69 Å². The van der Waals surface area contributed by atoms with Gasteiger partial charge in [-0.05, 0) is 52.6 Å². The van der Waals surface area contributed by atoms with Crippen molar-refractivity contribution < 1.29 is 13.2 Å². The zero-order valence-corrected chi connectivity index (χ0v) is 17.4. The quantitative estimate of drug-likeness (QED) is 0.704. The lowest BCUT2D eigenvalue weighted by Crippen LogP contribution is -2.38. The molecule has 5 nitrogen and oxygen atoms in total. The number of carbonyl (C=O) groups excluding carboxylic acids is 1. The molecule has 0 saturated carbocycles. The van der Waals surface area contributed by atoms with Gasteiger partial charge in [0.1, 0.15) is 0 Å². The molecular formula is C23H24N2O3S. The summed E-state index contributed by atoms with van der Waals surface area (Å²) in [5, 5.41) is 1.87. The van der Waals surface area contributed by atoms with Crippen LogP contribution in [0.2, 0.25) is 0 Å². The third-order valence-electron chi connectivity index (χ3n) is 5.31. The molecular weight excluding hydrogens is 384 g/mol. The molecule has 1 amide bonds. The summed E-state index contributed by atoms with van der Waals surface area (Å²) in [6.45, 7) is 5.00. The van der Waals surface area contributed by atoms with E-state index in [1.807, 2.05) is 61.2 Å². The Hall–Kier alpha value is -2.86. The summed E-state index contributed by atoms with van der Waals surface area (Å²) in [6.07, 6.45) is 0.783. The van der Waals surface area contributed by atoms with Crippen molar-refractivity contribution in [1.29, 1.82) is 0 Å². The number of rotatable bonds is 4. The van der Waals surface area contributed by atoms with Gasteiger partial charge in [0.2, 0.25) is 5.91 Å². The van der Waals surface area contributed by atoms with Gasteiger partial charge in [-0.2, -0.15) is 0 Å². The average molecular weight is 409 g/mol. The van der Waals surface area contributed by atoms with Gasteiger partial charge in [0.15, 0.2) is 0 Å². The minimum atomic E-state index is -3.71. The summed E-state index contributed by atoms with van der Waals surface area (Å²) in [4.78, 5) is 14.4. The normalized spacial score (nSPS) is 14.1. The van der Waals surface area contributed by atoms with Crippen LogP contribution in [0.1, 0.15) is 25.0 Å². The van der Waals surface area contributed by atoms with Gasteiger partial charge in [0.05, 0.1) is 4.90 Å². The van der Waals surface area contributed by atoms with Crippen molar-refractivity contribution in [2.75, 3.05) is 11.3 Å². The number of carbonyl (C=O) groups is 1. The van der Waals surface area contributed by atoms with Crippen molar-refractivity contribution in [1.82, 2.24) is 4.90 Å². The zero-order chi connectivity index (χ0) is 20.6. The Morgan fingerprint density at radius 1 is 0.966 bits per heavy atom. The largest absolute Gasteiger partial charge is 0.338 e. The molecule has 1 heterocycles. The van der Waals surface area contributed by atoms with E-state index in [1.54, 1.807) is 18.2 Å². The molecule has 150 valence electrons. The topological polar surface area (TPSA) is 66.5 Å². The second-order valence-electron chi connectivity index (χ2n) is 7.76. The van der Waals surface area contributed by atoms with Crippen molar-refractivity contribution in [2.24, 2.45) is 5.92 Å². The maximum Gasteiger partial charge on any atom is 0.261 e. The molecule has 0 bridgehead atoms. The SMILES string of the molecule is CC(C)C(=O)N1CCc2ccc(NS(=O)(=O)c3ccc4ccccc4c3)cc2C1. The summed E-state index contributed by atoms with van der Waals surface area (Å²) in [5.41, 5.74) is 2.66. The number of nitrogens with zero attached hydrogens (tertiary/aromatic N) is 1. The van der Waals surface area contributed by atoms with Gasteiger partial charge >= 0.3 is 0 Å². The average Bonchev–Trinajstić information content (AvgIpc) is 2.72. The van der Waals surface area contributed by atoms with E-state index in [-0.39, 0.29) is 16.7 Å². The Balaban J connectivity index is 1.59. The summed E-state index contributed by atoms with van der Waals surface area (Å²) in [7, 11) is -3.71. The molecule has 1 aliphatic heterocycles. The molecule has 0 fully saturated rings. The van der Waals surface area contributed by atoms with E-state index >= 15 is 0 Å². The number of amides is 1. The van der Waals surface area contributed by atoms with E-state index in [9.17, 15) is 13.2 Å². The molecule has 0 aliphatic carbocycles. The highest BCUT2D eigenvalue weighted by molar-refractivity contribution is 7.92. The Kier molecular flexibility index (Phi) is 5.04. The minimum absolute atomic E-state index is 0.0499. The first kappa shape index (κ1) is 19.5. The third kappa shape index (κ3) is 3.98. The summed E-state index contributed by atoms with van der Waals surface area (Å²) in [6, 6.07) is 18.3. The van der Waals surface area contributed by atoms with Gasteiger partial charge in [-0.1, -0.05) is 50.2 Å². The van der Waals surface area contributed by atoms with Crippen molar-refractivity contribution >= 4 is 32.4 Å². The molecule has 6 heteroatoms. The highest BCUT2D eigenvalue weighted by Gasteiger charge is 2.23. The molecule has 0 radical (unpaired) electrons. The molecule has 1 N–H and O–H groups in total. The molecule has 0 spiro atoms. The van der Waals surface area contributed by atoms with E-state index in [0.717, 1.165) is 28.3 Å². The first-order valence-electron chi connectivity index (χ1n) is 9.76. The van der Waals surface area contributed by atoms with Crippen LogP contribution in [0.5, 0.6) is 0 Å². The smallest absolute Gasteiger partial charge is 0.261 e. The molecule has 0 aromatic heterocycles. The number of fused-ring (bicyclic) bond motifs is 2. The Morgan fingerprint density at radius 3 is 2.48 bits per heavy atom. The monoisotopic (exact) mass is 408 g/mol. The Labute approximate surface area is 171 Å².